The maximum absolute atomic E-state index is 12.6. The number of para-hydroxylation sites is 2. The van der Waals surface area contributed by atoms with Crippen LogP contribution in [0.4, 0.5) is 5.69 Å². The molecule has 6 nitrogen and oxygen atoms in total. The number of nitrogens with zero attached hydrogens (tertiary/aromatic N) is 1. The number of carbonyl (C=O) groups is 2. The zero-order valence-electron chi connectivity index (χ0n) is 15.0. The minimum atomic E-state index is -0.610. The van der Waals surface area contributed by atoms with Gasteiger partial charge in [0.1, 0.15) is 5.75 Å². The second-order valence-electron chi connectivity index (χ2n) is 7.00. The zero-order valence-corrected chi connectivity index (χ0v) is 15.0. The quantitative estimate of drug-likeness (QED) is 0.871. The van der Waals surface area contributed by atoms with Crippen LogP contribution in [0.5, 0.6) is 5.75 Å². The van der Waals surface area contributed by atoms with Crippen molar-refractivity contribution in [3.05, 3.63) is 24.3 Å². The van der Waals surface area contributed by atoms with Crippen LogP contribution in [0.25, 0.3) is 0 Å². The second kappa shape index (κ2) is 7.76. The molecule has 136 valence electrons. The predicted molar refractivity (Wildman–Crippen MR) is 96.7 cm³/mol. The lowest BCUT2D eigenvalue weighted by molar-refractivity contribution is -0.128. The minimum absolute atomic E-state index is 0.00566. The van der Waals surface area contributed by atoms with Crippen molar-refractivity contribution in [2.24, 2.45) is 5.92 Å². The molecule has 1 aromatic rings. The molecule has 0 spiro atoms. The molecule has 3 atom stereocenters. The average molecular weight is 345 g/mol. The number of rotatable bonds is 4. The van der Waals surface area contributed by atoms with Gasteiger partial charge in [0.25, 0.3) is 5.91 Å². The van der Waals surface area contributed by atoms with Gasteiger partial charge in [0.15, 0.2) is 6.10 Å². The van der Waals surface area contributed by atoms with Gasteiger partial charge in [-0.15, -0.1) is 0 Å². The van der Waals surface area contributed by atoms with Crippen LogP contribution in [-0.4, -0.2) is 44.1 Å². The highest BCUT2D eigenvalue weighted by Gasteiger charge is 2.31. The fourth-order valence-electron chi connectivity index (χ4n) is 3.71. The molecule has 0 saturated heterocycles. The Kier molecular flexibility index (Phi) is 5.46. The van der Waals surface area contributed by atoms with E-state index in [1.54, 1.807) is 7.05 Å². The van der Waals surface area contributed by atoms with Crippen molar-refractivity contribution >= 4 is 17.5 Å². The lowest BCUT2D eigenvalue weighted by Crippen LogP contribution is -2.52. The first-order valence-electron chi connectivity index (χ1n) is 9.10. The normalized spacial score (nSPS) is 25.5. The van der Waals surface area contributed by atoms with E-state index in [1.165, 1.54) is 19.3 Å². The molecule has 2 amide bonds. The van der Waals surface area contributed by atoms with Crippen LogP contribution in [0.15, 0.2) is 24.3 Å². The van der Waals surface area contributed by atoms with Crippen LogP contribution < -0.4 is 20.3 Å². The summed E-state index contributed by atoms with van der Waals surface area (Å²) in [5, 5.41) is 5.80. The Labute approximate surface area is 148 Å². The Morgan fingerprint density at radius 3 is 2.76 bits per heavy atom. The van der Waals surface area contributed by atoms with Crippen LogP contribution in [0, 0.1) is 5.92 Å². The van der Waals surface area contributed by atoms with E-state index in [0.717, 1.165) is 12.1 Å². The van der Waals surface area contributed by atoms with Gasteiger partial charge in [-0.05, 0) is 30.9 Å². The standard InChI is InChI=1S/C19H27N3O3/c1-13-7-3-4-8-14(13)21-18(23)12-22-11-17(19(24)20-2)25-16-10-6-5-9-15(16)22/h5-6,9-10,13-14,17H,3-4,7-8,11-12H2,1-2H3,(H,20,24)(H,21,23)/t13-,14+,17-/m1/s1. The summed E-state index contributed by atoms with van der Waals surface area (Å²) in [6, 6.07) is 7.79. The van der Waals surface area contributed by atoms with Crippen molar-refractivity contribution in [2.75, 3.05) is 25.0 Å². The molecule has 1 saturated carbocycles. The lowest BCUT2D eigenvalue weighted by atomic mass is 9.86. The number of hydrogen-bond donors (Lipinski definition) is 2. The van der Waals surface area contributed by atoms with Gasteiger partial charge in [0.2, 0.25) is 5.91 Å². The molecule has 2 aliphatic rings. The summed E-state index contributed by atoms with van der Waals surface area (Å²) < 4.78 is 5.78. The Hall–Kier alpha value is -2.24. The van der Waals surface area contributed by atoms with Crippen molar-refractivity contribution in [1.82, 2.24) is 10.6 Å². The van der Waals surface area contributed by atoms with E-state index >= 15 is 0 Å². The molecular formula is C19H27N3O3. The molecule has 1 fully saturated rings. The van der Waals surface area contributed by atoms with E-state index in [1.807, 2.05) is 29.2 Å². The Morgan fingerprint density at radius 2 is 2.00 bits per heavy atom. The van der Waals surface area contributed by atoms with E-state index in [-0.39, 0.29) is 24.4 Å². The van der Waals surface area contributed by atoms with Gasteiger partial charge in [-0.2, -0.15) is 0 Å². The lowest BCUT2D eigenvalue weighted by Gasteiger charge is -2.36. The molecule has 2 N–H and O–H groups in total. The van der Waals surface area contributed by atoms with E-state index < -0.39 is 6.10 Å². The smallest absolute Gasteiger partial charge is 0.262 e. The number of nitrogens with one attached hydrogen (secondary N) is 2. The van der Waals surface area contributed by atoms with Crippen LogP contribution in [0.2, 0.25) is 0 Å². The van der Waals surface area contributed by atoms with Crippen LogP contribution in [0.1, 0.15) is 32.6 Å². The van der Waals surface area contributed by atoms with Crippen LogP contribution in [-0.2, 0) is 9.59 Å². The van der Waals surface area contributed by atoms with Gasteiger partial charge < -0.3 is 20.3 Å². The number of fused-ring (bicyclic) bond motifs is 1. The predicted octanol–water partition coefficient (Wildman–Crippen LogP) is 1.69. The topological polar surface area (TPSA) is 70.7 Å². The molecule has 0 radical (unpaired) electrons. The molecule has 25 heavy (non-hydrogen) atoms. The summed E-state index contributed by atoms with van der Waals surface area (Å²) in [5.74, 6) is 0.987. The average Bonchev–Trinajstić information content (AvgIpc) is 2.62. The molecule has 1 aliphatic heterocycles. The van der Waals surface area contributed by atoms with E-state index in [4.69, 9.17) is 4.74 Å². The summed E-state index contributed by atoms with van der Waals surface area (Å²) in [6.45, 7) is 2.80. The fourth-order valence-corrected chi connectivity index (χ4v) is 3.71. The number of carbonyl (C=O) groups excluding carboxylic acids is 2. The monoisotopic (exact) mass is 345 g/mol. The molecule has 3 rings (SSSR count). The van der Waals surface area contributed by atoms with Crippen LogP contribution in [0.3, 0.4) is 0 Å². The highest BCUT2D eigenvalue weighted by atomic mass is 16.5. The highest BCUT2D eigenvalue weighted by molar-refractivity contribution is 5.86. The third-order valence-corrected chi connectivity index (χ3v) is 5.19. The van der Waals surface area contributed by atoms with Crippen molar-refractivity contribution in [3.63, 3.8) is 0 Å². The first-order chi connectivity index (χ1) is 12.1. The van der Waals surface area contributed by atoms with E-state index in [9.17, 15) is 9.59 Å². The second-order valence-corrected chi connectivity index (χ2v) is 7.00. The van der Waals surface area contributed by atoms with Crippen molar-refractivity contribution in [3.8, 4) is 5.75 Å². The first kappa shape index (κ1) is 17.6. The molecule has 0 unspecified atom stereocenters. The summed E-state index contributed by atoms with van der Waals surface area (Å²) in [5.41, 5.74) is 0.856. The third kappa shape index (κ3) is 4.06. The van der Waals surface area contributed by atoms with Gasteiger partial charge in [0, 0.05) is 13.1 Å². The Balaban J connectivity index is 1.69. The Bertz CT molecular complexity index is 634. The number of anilines is 1. The summed E-state index contributed by atoms with van der Waals surface area (Å²) in [7, 11) is 1.59. The molecule has 1 aliphatic carbocycles. The van der Waals surface area contributed by atoms with Gasteiger partial charge in [-0.1, -0.05) is 31.9 Å². The van der Waals surface area contributed by atoms with E-state index in [0.29, 0.717) is 18.2 Å². The zero-order chi connectivity index (χ0) is 17.8. The summed E-state index contributed by atoms with van der Waals surface area (Å²) >= 11 is 0. The van der Waals surface area contributed by atoms with Crippen molar-refractivity contribution in [1.29, 1.82) is 0 Å². The van der Waals surface area contributed by atoms with Crippen molar-refractivity contribution in [2.45, 2.75) is 44.8 Å². The molecule has 1 aromatic carbocycles. The van der Waals surface area contributed by atoms with Gasteiger partial charge in [-0.3, -0.25) is 9.59 Å². The third-order valence-electron chi connectivity index (χ3n) is 5.19. The molecule has 1 heterocycles. The summed E-state index contributed by atoms with van der Waals surface area (Å²) in [6.07, 6.45) is 4.03. The van der Waals surface area contributed by atoms with Gasteiger partial charge in [-0.25, -0.2) is 0 Å². The van der Waals surface area contributed by atoms with Crippen molar-refractivity contribution < 1.29 is 14.3 Å². The fraction of sp³-hybridized carbons (Fsp3) is 0.579. The first-order valence-corrected chi connectivity index (χ1v) is 9.10. The largest absolute Gasteiger partial charge is 0.477 e. The minimum Gasteiger partial charge on any atom is -0.477 e. The number of ether oxygens (including phenoxy) is 1. The Morgan fingerprint density at radius 1 is 1.24 bits per heavy atom. The molecule has 0 bridgehead atoms. The number of likely N-dealkylation sites (N-methyl/N-ethyl adjacent to an activating group) is 1. The SMILES string of the molecule is CNC(=O)[C@H]1CN(CC(=O)N[C@H]2CCCC[C@H]2C)c2ccccc2O1. The highest BCUT2D eigenvalue weighted by Crippen LogP contribution is 2.33. The maximum Gasteiger partial charge on any atom is 0.262 e. The number of hydrogen-bond acceptors (Lipinski definition) is 4. The van der Waals surface area contributed by atoms with E-state index in [2.05, 4.69) is 17.6 Å². The number of benzene rings is 1. The maximum atomic E-state index is 12.6. The van der Waals surface area contributed by atoms with Gasteiger partial charge >= 0.3 is 0 Å². The van der Waals surface area contributed by atoms with Gasteiger partial charge in [0.05, 0.1) is 18.8 Å². The molecule has 6 heteroatoms. The van der Waals surface area contributed by atoms with Crippen LogP contribution >= 0.6 is 0 Å². The summed E-state index contributed by atoms with van der Waals surface area (Å²) in [4.78, 5) is 26.5. The molecular weight excluding hydrogens is 318 g/mol. The number of amides is 2. The molecule has 0 aromatic heterocycles.